The van der Waals surface area contributed by atoms with E-state index in [1.54, 1.807) is 6.08 Å². The van der Waals surface area contributed by atoms with Gasteiger partial charge in [-0.15, -0.1) is 6.58 Å². The van der Waals surface area contributed by atoms with Gasteiger partial charge in [0.25, 0.3) is 0 Å². The van der Waals surface area contributed by atoms with E-state index in [1.807, 2.05) is 0 Å². The molecule has 4 N–H and O–H groups in total. The van der Waals surface area contributed by atoms with Crippen LogP contribution in [0.2, 0.25) is 0 Å². The number of halogens is 1. The van der Waals surface area contributed by atoms with Gasteiger partial charge in [-0.3, -0.25) is 0 Å². The van der Waals surface area contributed by atoms with Gasteiger partial charge in [-0.25, -0.2) is 4.39 Å². The largest absolute Gasteiger partial charge is 0.327 e. The molecule has 0 spiro atoms. The first-order chi connectivity index (χ1) is 5.18. The lowest BCUT2D eigenvalue weighted by Gasteiger charge is -2.20. The van der Waals surface area contributed by atoms with Gasteiger partial charge in [-0.1, -0.05) is 6.08 Å². The number of allylic oxidation sites excluding steroid dienone is 1. The first kappa shape index (κ1) is 10.6. The molecule has 0 aliphatic rings. The van der Waals surface area contributed by atoms with Crippen molar-refractivity contribution in [3.05, 3.63) is 12.7 Å². The molecule has 0 aromatic heterocycles. The van der Waals surface area contributed by atoms with Gasteiger partial charge >= 0.3 is 0 Å². The van der Waals surface area contributed by atoms with Crippen LogP contribution in [0.5, 0.6) is 0 Å². The molecule has 66 valence electrons. The minimum Gasteiger partial charge on any atom is -0.327 e. The quantitative estimate of drug-likeness (QED) is 0.449. The second-order valence-corrected chi connectivity index (χ2v) is 2.74. The summed E-state index contributed by atoms with van der Waals surface area (Å²) in [4.78, 5) is 0. The van der Waals surface area contributed by atoms with Gasteiger partial charge in [0.05, 0.1) is 0 Å². The molecule has 3 heteroatoms. The zero-order valence-corrected chi connectivity index (χ0v) is 6.85. The van der Waals surface area contributed by atoms with Crippen LogP contribution < -0.4 is 11.5 Å². The summed E-state index contributed by atoms with van der Waals surface area (Å²) in [5.41, 5.74) is 9.08. The van der Waals surface area contributed by atoms with E-state index in [9.17, 15) is 4.39 Å². The third-order valence-electron chi connectivity index (χ3n) is 1.76. The molecule has 0 amide bonds. The number of hydrogen-bond donors (Lipinski definition) is 2. The Kier molecular flexibility index (Phi) is 5.07. The molecule has 11 heavy (non-hydrogen) atoms. The number of nitrogens with two attached hydrogens (primary N) is 2. The summed E-state index contributed by atoms with van der Waals surface area (Å²) in [6.07, 6.45) is 3.81. The molecule has 0 bridgehead atoms. The number of rotatable bonds is 6. The van der Waals surface area contributed by atoms with E-state index in [0.717, 1.165) is 12.8 Å². The van der Waals surface area contributed by atoms with E-state index >= 15 is 0 Å². The molecule has 0 fully saturated rings. The van der Waals surface area contributed by atoms with Crippen molar-refractivity contribution in [2.24, 2.45) is 11.5 Å². The summed E-state index contributed by atoms with van der Waals surface area (Å²) in [6, 6.07) is 0. The van der Waals surface area contributed by atoms with Gasteiger partial charge in [0, 0.05) is 13.1 Å². The van der Waals surface area contributed by atoms with Crippen LogP contribution in [0.4, 0.5) is 4.39 Å². The van der Waals surface area contributed by atoms with Crippen molar-refractivity contribution in [1.29, 1.82) is 0 Å². The zero-order chi connectivity index (χ0) is 8.74. The normalized spacial score (nSPS) is 11.5. The van der Waals surface area contributed by atoms with Crippen LogP contribution in [-0.4, -0.2) is 18.8 Å². The van der Waals surface area contributed by atoms with Gasteiger partial charge in [-0.05, 0) is 19.3 Å². The molecule has 0 saturated heterocycles. The molecule has 0 saturated carbocycles. The van der Waals surface area contributed by atoms with Crippen LogP contribution in [0.3, 0.4) is 0 Å². The van der Waals surface area contributed by atoms with Crippen LogP contribution in [0, 0.1) is 0 Å². The molecular formula is C8H17FN2. The topological polar surface area (TPSA) is 52.0 Å². The first-order valence-electron chi connectivity index (χ1n) is 3.88. The molecule has 0 unspecified atom stereocenters. The third-order valence-corrected chi connectivity index (χ3v) is 1.76. The number of alkyl halides is 1. The minimum atomic E-state index is -1.36. The summed E-state index contributed by atoms with van der Waals surface area (Å²) >= 11 is 0. The molecule has 0 atom stereocenters. The second-order valence-electron chi connectivity index (χ2n) is 2.74. The zero-order valence-electron chi connectivity index (χ0n) is 6.85. The van der Waals surface area contributed by atoms with Gasteiger partial charge in [0.1, 0.15) is 5.67 Å². The third kappa shape index (κ3) is 4.11. The Morgan fingerprint density at radius 3 is 2.27 bits per heavy atom. The molecule has 0 rings (SSSR count). The van der Waals surface area contributed by atoms with Crippen molar-refractivity contribution in [1.82, 2.24) is 0 Å². The van der Waals surface area contributed by atoms with Crippen molar-refractivity contribution in [2.75, 3.05) is 13.1 Å². The van der Waals surface area contributed by atoms with Crippen molar-refractivity contribution in [3.63, 3.8) is 0 Å². The van der Waals surface area contributed by atoms with Crippen molar-refractivity contribution in [3.8, 4) is 0 Å². The van der Waals surface area contributed by atoms with E-state index in [4.69, 9.17) is 11.5 Å². The molecular weight excluding hydrogens is 143 g/mol. The standard InChI is InChI=1S/C8H17FN2/c1-2-3-4-5-8(9,6-10)7-11/h2H,1,3-7,10-11H2. The molecule has 0 aromatic rings. The van der Waals surface area contributed by atoms with Crippen molar-refractivity contribution >= 4 is 0 Å². The lowest BCUT2D eigenvalue weighted by atomic mass is 9.99. The maximum atomic E-state index is 13.3. The average molecular weight is 160 g/mol. The monoisotopic (exact) mass is 160 g/mol. The fourth-order valence-electron chi connectivity index (χ4n) is 0.851. The van der Waals surface area contributed by atoms with Crippen LogP contribution in [0.1, 0.15) is 19.3 Å². The Bertz CT molecular complexity index is 111. The Labute approximate surface area is 67.4 Å². The lowest BCUT2D eigenvalue weighted by molar-refractivity contribution is 0.167. The number of hydrogen-bond acceptors (Lipinski definition) is 2. The highest BCUT2D eigenvalue weighted by molar-refractivity contribution is 4.82. The summed E-state index contributed by atoms with van der Waals surface area (Å²) in [7, 11) is 0. The van der Waals surface area contributed by atoms with Gasteiger partial charge in [-0.2, -0.15) is 0 Å². The Balaban J connectivity index is 3.59. The van der Waals surface area contributed by atoms with E-state index in [1.165, 1.54) is 0 Å². The van der Waals surface area contributed by atoms with E-state index in [0.29, 0.717) is 6.42 Å². The lowest BCUT2D eigenvalue weighted by Crippen LogP contribution is -2.40. The highest BCUT2D eigenvalue weighted by atomic mass is 19.1. The van der Waals surface area contributed by atoms with Gasteiger partial charge in [0.2, 0.25) is 0 Å². The Hall–Kier alpha value is -0.410. The molecule has 0 heterocycles. The highest BCUT2D eigenvalue weighted by Crippen LogP contribution is 2.16. The fourth-order valence-corrected chi connectivity index (χ4v) is 0.851. The maximum absolute atomic E-state index is 13.3. The maximum Gasteiger partial charge on any atom is 0.135 e. The van der Waals surface area contributed by atoms with Crippen LogP contribution in [0.25, 0.3) is 0 Å². The van der Waals surface area contributed by atoms with Crippen LogP contribution in [-0.2, 0) is 0 Å². The fraction of sp³-hybridized carbons (Fsp3) is 0.750. The van der Waals surface area contributed by atoms with Crippen molar-refractivity contribution in [2.45, 2.75) is 24.9 Å². The first-order valence-corrected chi connectivity index (χ1v) is 3.88. The summed E-state index contributed by atoms with van der Waals surface area (Å²) in [6.45, 7) is 3.58. The summed E-state index contributed by atoms with van der Waals surface area (Å²) < 4.78 is 13.3. The minimum absolute atomic E-state index is 0.0145. The van der Waals surface area contributed by atoms with E-state index in [-0.39, 0.29) is 13.1 Å². The Morgan fingerprint density at radius 2 is 1.91 bits per heavy atom. The average Bonchev–Trinajstić information content (AvgIpc) is 2.05. The van der Waals surface area contributed by atoms with E-state index < -0.39 is 5.67 Å². The van der Waals surface area contributed by atoms with Crippen molar-refractivity contribution < 1.29 is 4.39 Å². The van der Waals surface area contributed by atoms with Crippen LogP contribution in [0.15, 0.2) is 12.7 Å². The summed E-state index contributed by atoms with van der Waals surface area (Å²) in [5, 5.41) is 0. The molecule has 2 nitrogen and oxygen atoms in total. The summed E-state index contributed by atoms with van der Waals surface area (Å²) in [5.74, 6) is 0. The highest BCUT2D eigenvalue weighted by Gasteiger charge is 2.24. The molecule has 0 aliphatic carbocycles. The number of unbranched alkanes of at least 4 members (excludes halogenated alkanes) is 1. The molecule has 0 aliphatic heterocycles. The predicted molar refractivity (Wildman–Crippen MR) is 46.0 cm³/mol. The van der Waals surface area contributed by atoms with Gasteiger partial charge in [0.15, 0.2) is 0 Å². The van der Waals surface area contributed by atoms with Gasteiger partial charge < -0.3 is 11.5 Å². The van der Waals surface area contributed by atoms with Crippen LogP contribution >= 0.6 is 0 Å². The van der Waals surface area contributed by atoms with E-state index in [2.05, 4.69) is 6.58 Å². The second kappa shape index (κ2) is 5.27. The molecule has 0 radical (unpaired) electrons. The SMILES string of the molecule is C=CCCCC(F)(CN)CN. The Morgan fingerprint density at radius 1 is 1.36 bits per heavy atom. The predicted octanol–water partition coefficient (Wildman–Crippen LogP) is 0.968. The molecule has 0 aromatic carbocycles. The smallest absolute Gasteiger partial charge is 0.135 e.